The van der Waals surface area contributed by atoms with Crippen molar-refractivity contribution in [2.45, 2.75) is 24.7 Å². The van der Waals surface area contributed by atoms with Gasteiger partial charge < -0.3 is 4.90 Å². The van der Waals surface area contributed by atoms with Gasteiger partial charge in [-0.1, -0.05) is 6.92 Å². The van der Waals surface area contributed by atoms with E-state index in [4.69, 9.17) is 0 Å². The van der Waals surface area contributed by atoms with Gasteiger partial charge in [-0.15, -0.1) is 11.3 Å². The summed E-state index contributed by atoms with van der Waals surface area (Å²) in [6, 6.07) is 6.91. The molecule has 7 heteroatoms. The number of benzene rings is 1. The molecular formula is C16H18N2O3S2. The first-order chi connectivity index (χ1) is 11.0. The van der Waals surface area contributed by atoms with Gasteiger partial charge in [0.05, 0.1) is 9.77 Å². The van der Waals surface area contributed by atoms with Crippen molar-refractivity contribution in [3.05, 3.63) is 45.6 Å². The second kappa shape index (κ2) is 6.07. The Morgan fingerprint density at radius 1 is 1.35 bits per heavy atom. The molecule has 0 saturated heterocycles. The number of rotatable bonds is 4. The zero-order valence-corrected chi connectivity index (χ0v) is 14.6. The lowest BCUT2D eigenvalue weighted by Gasteiger charge is -2.17. The molecule has 1 aliphatic rings. The molecular weight excluding hydrogens is 332 g/mol. The number of thiophene rings is 1. The van der Waals surface area contributed by atoms with E-state index < -0.39 is 10.0 Å². The second-order valence-corrected chi connectivity index (χ2v) is 8.14. The third-order valence-corrected chi connectivity index (χ3v) is 6.45. The van der Waals surface area contributed by atoms with Crippen LogP contribution < -0.4 is 9.62 Å². The first-order valence-corrected chi connectivity index (χ1v) is 9.79. The van der Waals surface area contributed by atoms with Gasteiger partial charge in [-0.3, -0.25) is 4.79 Å². The summed E-state index contributed by atoms with van der Waals surface area (Å²) in [6.07, 6.45) is 1.49. The summed E-state index contributed by atoms with van der Waals surface area (Å²) in [5.41, 5.74) is 2.76. The van der Waals surface area contributed by atoms with Crippen molar-refractivity contribution >= 4 is 33.0 Å². The molecule has 122 valence electrons. The quantitative estimate of drug-likeness (QED) is 0.921. The Balaban J connectivity index is 1.95. The molecule has 1 aromatic carbocycles. The summed E-state index contributed by atoms with van der Waals surface area (Å²) in [4.78, 5) is 15.5. The number of nitrogens with one attached hydrogen (secondary N) is 1. The van der Waals surface area contributed by atoms with E-state index in [1.54, 1.807) is 23.1 Å². The Hall–Kier alpha value is -1.70. The van der Waals surface area contributed by atoms with Crippen LogP contribution in [0.4, 0.5) is 5.69 Å². The Bertz CT molecular complexity index is 856. The average molecular weight is 350 g/mol. The highest BCUT2D eigenvalue weighted by molar-refractivity contribution is 7.89. The van der Waals surface area contributed by atoms with Crippen molar-refractivity contribution in [1.29, 1.82) is 0 Å². The maximum absolute atomic E-state index is 12.8. The van der Waals surface area contributed by atoms with Crippen molar-refractivity contribution < 1.29 is 13.2 Å². The van der Waals surface area contributed by atoms with Crippen molar-refractivity contribution in [1.82, 2.24) is 4.72 Å². The molecule has 1 aromatic heterocycles. The highest BCUT2D eigenvalue weighted by atomic mass is 32.2. The van der Waals surface area contributed by atoms with Crippen LogP contribution in [-0.2, 0) is 22.9 Å². The number of hydrogen-bond acceptors (Lipinski definition) is 4. The van der Waals surface area contributed by atoms with Gasteiger partial charge in [0.25, 0.3) is 5.91 Å². The fourth-order valence-electron chi connectivity index (χ4n) is 2.80. The van der Waals surface area contributed by atoms with Crippen LogP contribution in [0.25, 0.3) is 0 Å². The molecule has 0 bridgehead atoms. The molecule has 2 aromatic rings. The summed E-state index contributed by atoms with van der Waals surface area (Å²) >= 11 is 1.46. The topological polar surface area (TPSA) is 66.5 Å². The minimum atomic E-state index is -3.46. The number of fused-ring (bicyclic) bond motifs is 1. The number of nitrogens with zero attached hydrogens (tertiary/aromatic N) is 1. The highest BCUT2D eigenvalue weighted by Gasteiger charge is 2.28. The number of carbonyl (C=O) groups excluding carboxylic acids is 1. The van der Waals surface area contributed by atoms with Crippen molar-refractivity contribution in [2.75, 3.05) is 18.5 Å². The van der Waals surface area contributed by atoms with E-state index in [0.29, 0.717) is 13.0 Å². The van der Waals surface area contributed by atoms with E-state index >= 15 is 0 Å². The van der Waals surface area contributed by atoms with Crippen LogP contribution in [-0.4, -0.2) is 27.9 Å². The molecule has 0 unspecified atom stereocenters. The van der Waals surface area contributed by atoms with Crippen LogP contribution in [0.3, 0.4) is 0 Å². The number of carbonyl (C=O) groups is 1. The third kappa shape index (κ3) is 2.80. The van der Waals surface area contributed by atoms with E-state index in [9.17, 15) is 13.2 Å². The van der Waals surface area contributed by atoms with Gasteiger partial charge in [0, 0.05) is 12.2 Å². The molecule has 1 aliphatic heterocycles. The summed E-state index contributed by atoms with van der Waals surface area (Å²) in [5.74, 6) is -0.000163. The maximum Gasteiger partial charge on any atom is 0.268 e. The number of amides is 1. The average Bonchev–Trinajstić information content (AvgIpc) is 3.20. The monoisotopic (exact) mass is 350 g/mol. The van der Waals surface area contributed by atoms with Crippen LogP contribution in [0.5, 0.6) is 0 Å². The van der Waals surface area contributed by atoms with E-state index in [1.807, 2.05) is 18.4 Å². The van der Waals surface area contributed by atoms with Crippen LogP contribution in [0.15, 0.2) is 34.5 Å². The predicted molar refractivity (Wildman–Crippen MR) is 91.8 cm³/mol. The fraction of sp³-hybridized carbons (Fsp3) is 0.312. The first kappa shape index (κ1) is 16.2. The SMILES string of the molecule is CCc1ccsc1C(=O)N1CCc2cc(S(=O)(=O)NC)ccc21. The van der Waals surface area contributed by atoms with Crippen LogP contribution in [0.1, 0.15) is 27.7 Å². The van der Waals surface area contributed by atoms with Crippen molar-refractivity contribution in [3.63, 3.8) is 0 Å². The zero-order chi connectivity index (χ0) is 16.6. The molecule has 2 heterocycles. The van der Waals surface area contributed by atoms with E-state index in [-0.39, 0.29) is 10.8 Å². The van der Waals surface area contributed by atoms with Gasteiger partial charge in [0.2, 0.25) is 10.0 Å². The summed E-state index contributed by atoms with van der Waals surface area (Å²) in [5, 5.41) is 1.94. The Morgan fingerprint density at radius 2 is 2.13 bits per heavy atom. The standard InChI is InChI=1S/C16H18N2O3S2/c1-3-11-7-9-22-15(11)16(19)18-8-6-12-10-13(4-5-14(12)18)23(20,21)17-2/h4-5,7,9-10,17H,3,6,8H2,1-2H3. The molecule has 23 heavy (non-hydrogen) atoms. The molecule has 1 amide bonds. The third-order valence-electron chi connectivity index (χ3n) is 4.09. The first-order valence-electron chi connectivity index (χ1n) is 7.42. The molecule has 0 fully saturated rings. The zero-order valence-electron chi connectivity index (χ0n) is 13.0. The minimum absolute atomic E-state index is 0.000163. The van der Waals surface area contributed by atoms with Crippen molar-refractivity contribution in [3.8, 4) is 0 Å². The highest BCUT2D eigenvalue weighted by Crippen LogP contribution is 2.32. The van der Waals surface area contributed by atoms with Crippen LogP contribution >= 0.6 is 11.3 Å². The van der Waals surface area contributed by atoms with Gasteiger partial charge in [-0.05, 0) is 60.7 Å². The molecule has 0 radical (unpaired) electrons. The summed E-state index contributed by atoms with van der Waals surface area (Å²) in [6.45, 7) is 2.62. The molecule has 0 saturated carbocycles. The Labute approximate surface area is 140 Å². The van der Waals surface area contributed by atoms with E-state index in [0.717, 1.165) is 28.1 Å². The number of aryl methyl sites for hydroxylation is 1. The van der Waals surface area contributed by atoms with Crippen LogP contribution in [0.2, 0.25) is 0 Å². The van der Waals surface area contributed by atoms with E-state index in [2.05, 4.69) is 4.72 Å². The summed E-state index contributed by atoms with van der Waals surface area (Å²) < 4.78 is 26.1. The van der Waals surface area contributed by atoms with Gasteiger partial charge >= 0.3 is 0 Å². The molecule has 3 rings (SSSR count). The molecule has 0 aliphatic carbocycles. The molecule has 0 spiro atoms. The number of anilines is 1. The van der Waals surface area contributed by atoms with Crippen molar-refractivity contribution in [2.24, 2.45) is 0 Å². The van der Waals surface area contributed by atoms with Gasteiger partial charge in [-0.25, -0.2) is 13.1 Å². The second-order valence-electron chi connectivity index (χ2n) is 5.33. The number of hydrogen-bond donors (Lipinski definition) is 1. The smallest absolute Gasteiger partial charge is 0.268 e. The van der Waals surface area contributed by atoms with Gasteiger partial charge in [-0.2, -0.15) is 0 Å². The van der Waals surface area contributed by atoms with Crippen LogP contribution in [0, 0.1) is 0 Å². The lowest BCUT2D eigenvalue weighted by Crippen LogP contribution is -2.28. The predicted octanol–water partition coefficient (Wildman–Crippen LogP) is 2.42. The Kier molecular flexibility index (Phi) is 4.27. The maximum atomic E-state index is 12.8. The van der Waals surface area contributed by atoms with Gasteiger partial charge in [0.1, 0.15) is 0 Å². The summed E-state index contributed by atoms with van der Waals surface area (Å²) in [7, 11) is -2.07. The lowest BCUT2D eigenvalue weighted by molar-refractivity contribution is 0.0992. The lowest BCUT2D eigenvalue weighted by atomic mass is 10.1. The molecule has 0 atom stereocenters. The number of sulfonamides is 1. The fourth-order valence-corrected chi connectivity index (χ4v) is 4.52. The van der Waals surface area contributed by atoms with Gasteiger partial charge in [0.15, 0.2) is 0 Å². The molecule has 5 nitrogen and oxygen atoms in total. The Morgan fingerprint density at radius 3 is 2.83 bits per heavy atom. The minimum Gasteiger partial charge on any atom is -0.307 e. The normalized spacial score (nSPS) is 14.1. The largest absolute Gasteiger partial charge is 0.307 e. The van der Waals surface area contributed by atoms with E-state index in [1.165, 1.54) is 18.4 Å². The molecule has 1 N–H and O–H groups in total.